The molecule has 1 aromatic heterocycles. The predicted octanol–water partition coefficient (Wildman–Crippen LogP) is 0.677. The summed E-state index contributed by atoms with van der Waals surface area (Å²) < 4.78 is 0. The van der Waals surface area contributed by atoms with E-state index in [4.69, 9.17) is 11.5 Å². The molecule has 5 heteroatoms. The van der Waals surface area contributed by atoms with Crippen molar-refractivity contribution >= 4 is 5.82 Å². The molecule has 1 heterocycles. The van der Waals surface area contributed by atoms with Gasteiger partial charge in [-0.15, -0.1) is 6.42 Å². The summed E-state index contributed by atoms with van der Waals surface area (Å²) in [7, 11) is 0. The molecule has 0 saturated carbocycles. The zero-order valence-electron chi connectivity index (χ0n) is 5.89. The van der Waals surface area contributed by atoms with E-state index in [1.807, 2.05) is 0 Å². The van der Waals surface area contributed by atoms with Gasteiger partial charge in [0, 0.05) is 6.07 Å². The molecule has 1 rings (SSSR count). The molecule has 0 aliphatic heterocycles. The number of nitrogens with zero attached hydrogens (tertiary/aromatic N) is 2. The maximum atomic E-state index is 10.2. The van der Waals surface area contributed by atoms with E-state index in [2.05, 4.69) is 10.9 Å². The van der Waals surface area contributed by atoms with Crippen LogP contribution in [-0.2, 0) is 0 Å². The standard InChI is InChI=1S/C7H4N2O3/c1-2-5-3-4-6(10)7(8-5)9(11)12/h1,3-4,10H. The first kappa shape index (κ1) is 8.01. The van der Waals surface area contributed by atoms with Crippen molar-refractivity contribution in [2.45, 2.75) is 0 Å². The Balaban J connectivity index is 3.28. The third kappa shape index (κ3) is 1.32. The van der Waals surface area contributed by atoms with Gasteiger partial charge in [-0.1, -0.05) is 0 Å². The summed E-state index contributed by atoms with van der Waals surface area (Å²) in [5.74, 6) is 1.02. The zero-order chi connectivity index (χ0) is 9.14. The Labute approximate surface area is 67.8 Å². The second-order valence-corrected chi connectivity index (χ2v) is 1.94. The number of hydrogen-bond acceptors (Lipinski definition) is 4. The first-order chi connectivity index (χ1) is 5.65. The Kier molecular flexibility index (Phi) is 1.92. The van der Waals surface area contributed by atoms with Crippen LogP contribution < -0.4 is 0 Å². The van der Waals surface area contributed by atoms with E-state index >= 15 is 0 Å². The van der Waals surface area contributed by atoms with Gasteiger partial charge in [0.05, 0.1) is 0 Å². The minimum atomic E-state index is -0.795. The first-order valence-corrected chi connectivity index (χ1v) is 2.96. The normalized spacial score (nSPS) is 8.92. The van der Waals surface area contributed by atoms with Crippen LogP contribution in [0, 0.1) is 22.5 Å². The molecule has 0 amide bonds. The smallest absolute Gasteiger partial charge is 0.407 e. The lowest BCUT2D eigenvalue weighted by molar-refractivity contribution is -0.390. The van der Waals surface area contributed by atoms with Crippen LogP contribution in [0.25, 0.3) is 0 Å². The molecule has 0 fully saturated rings. The van der Waals surface area contributed by atoms with Gasteiger partial charge in [-0.25, -0.2) is 0 Å². The Morgan fingerprint density at radius 3 is 2.83 bits per heavy atom. The highest BCUT2D eigenvalue weighted by Gasteiger charge is 2.15. The summed E-state index contributed by atoms with van der Waals surface area (Å²) >= 11 is 0. The van der Waals surface area contributed by atoms with Crippen molar-refractivity contribution < 1.29 is 10.0 Å². The zero-order valence-corrected chi connectivity index (χ0v) is 5.89. The predicted molar refractivity (Wildman–Crippen MR) is 40.5 cm³/mol. The van der Waals surface area contributed by atoms with E-state index in [0.29, 0.717) is 0 Å². The Morgan fingerprint density at radius 2 is 2.33 bits per heavy atom. The molecule has 0 spiro atoms. The Hall–Kier alpha value is -2.09. The van der Waals surface area contributed by atoms with E-state index in [-0.39, 0.29) is 5.69 Å². The minimum Gasteiger partial charge on any atom is -0.501 e. The van der Waals surface area contributed by atoms with Gasteiger partial charge in [0.15, 0.2) is 0 Å². The molecule has 0 saturated heterocycles. The summed E-state index contributed by atoms with van der Waals surface area (Å²) in [6.07, 6.45) is 4.95. The molecule has 1 N–H and O–H groups in total. The lowest BCUT2D eigenvalue weighted by Gasteiger charge is -1.93. The molecule has 5 nitrogen and oxygen atoms in total. The molecule has 0 aromatic carbocycles. The van der Waals surface area contributed by atoms with Gasteiger partial charge in [-0.2, -0.15) is 0 Å². The molecular weight excluding hydrogens is 160 g/mol. The molecule has 0 aliphatic rings. The largest absolute Gasteiger partial charge is 0.501 e. The van der Waals surface area contributed by atoms with E-state index in [1.165, 1.54) is 6.07 Å². The van der Waals surface area contributed by atoms with Crippen LogP contribution in [0.2, 0.25) is 0 Å². The molecule has 12 heavy (non-hydrogen) atoms. The van der Waals surface area contributed by atoms with Crippen molar-refractivity contribution in [2.75, 3.05) is 0 Å². The molecular formula is C7H4N2O3. The van der Waals surface area contributed by atoms with Crippen LogP contribution in [0.3, 0.4) is 0 Å². The van der Waals surface area contributed by atoms with Gasteiger partial charge >= 0.3 is 5.82 Å². The highest BCUT2D eigenvalue weighted by atomic mass is 16.6. The van der Waals surface area contributed by atoms with Crippen molar-refractivity contribution in [2.24, 2.45) is 0 Å². The summed E-state index contributed by atoms with van der Waals surface area (Å²) in [5, 5.41) is 19.1. The quantitative estimate of drug-likeness (QED) is 0.376. The van der Waals surface area contributed by atoms with Crippen LogP contribution >= 0.6 is 0 Å². The van der Waals surface area contributed by atoms with Gasteiger partial charge in [0.25, 0.3) is 0 Å². The third-order valence-electron chi connectivity index (χ3n) is 1.18. The van der Waals surface area contributed by atoms with Crippen molar-refractivity contribution in [1.29, 1.82) is 0 Å². The second-order valence-electron chi connectivity index (χ2n) is 1.94. The summed E-state index contributed by atoms with van der Waals surface area (Å²) in [4.78, 5) is 12.8. The van der Waals surface area contributed by atoms with Gasteiger partial charge < -0.3 is 15.2 Å². The molecule has 0 bridgehead atoms. The SMILES string of the molecule is C#Cc1ccc(O)c([N+](=O)[O-])n1. The third-order valence-corrected chi connectivity index (χ3v) is 1.18. The van der Waals surface area contributed by atoms with E-state index in [1.54, 1.807) is 0 Å². The average Bonchev–Trinajstić information content (AvgIpc) is 2.05. The molecule has 0 atom stereocenters. The number of aromatic nitrogens is 1. The lowest BCUT2D eigenvalue weighted by atomic mass is 10.3. The number of hydrogen-bond donors (Lipinski definition) is 1. The van der Waals surface area contributed by atoms with Crippen molar-refractivity contribution in [3.05, 3.63) is 27.9 Å². The van der Waals surface area contributed by atoms with Gasteiger partial charge in [0.1, 0.15) is 0 Å². The van der Waals surface area contributed by atoms with Crippen LogP contribution in [0.5, 0.6) is 5.75 Å². The molecule has 0 radical (unpaired) electrons. The van der Waals surface area contributed by atoms with Crippen molar-refractivity contribution in [3.8, 4) is 18.1 Å². The average molecular weight is 164 g/mol. The number of nitro groups is 1. The molecule has 0 unspecified atom stereocenters. The number of rotatable bonds is 1. The number of terminal acetylenes is 1. The van der Waals surface area contributed by atoms with E-state index in [0.717, 1.165) is 6.07 Å². The van der Waals surface area contributed by atoms with Gasteiger partial charge in [-0.05, 0) is 21.9 Å². The van der Waals surface area contributed by atoms with Crippen molar-refractivity contribution in [1.82, 2.24) is 4.98 Å². The topological polar surface area (TPSA) is 76.3 Å². The van der Waals surface area contributed by atoms with Gasteiger partial charge in [-0.3, -0.25) is 0 Å². The summed E-state index contributed by atoms with van der Waals surface area (Å²) in [5.41, 5.74) is 0.125. The highest BCUT2D eigenvalue weighted by molar-refractivity contribution is 5.42. The molecule has 60 valence electrons. The van der Waals surface area contributed by atoms with Crippen LogP contribution in [0.1, 0.15) is 5.69 Å². The van der Waals surface area contributed by atoms with Gasteiger partial charge in [0.2, 0.25) is 11.4 Å². The molecule has 0 aliphatic carbocycles. The Bertz CT molecular complexity index is 367. The highest BCUT2D eigenvalue weighted by Crippen LogP contribution is 2.21. The van der Waals surface area contributed by atoms with Crippen molar-refractivity contribution in [3.63, 3.8) is 0 Å². The lowest BCUT2D eigenvalue weighted by Crippen LogP contribution is -1.94. The fourth-order valence-corrected chi connectivity index (χ4v) is 0.656. The maximum Gasteiger partial charge on any atom is 0.407 e. The molecule has 1 aromatic rings. The van der Waals surface area contributed by atoms with Crippen LogP contribution in [0.4, 0.5) is 5.82 Å². The number of aromatic hydroxyl groups is 1. The monoisotopic (exact) mass is 164 g/mol. The maximum absolute atomic E-state index is 10.2. The number of pyridine rings is 1. The second kappa shape index (κ2) is 2.88. The van der Waals surface area contributed by atoms with E-state index < -0.39 is 16.5 Å². The van der Waals surface area contributed by atoms with Crippen LogP contribution in [-0.4, -0.2) is 15.0 Å². The Morgan fingerprint density at radius 1 is 1.67 bits per heavy atom. The summed E-state index contributed by atoms with van der Waals surface area (Å²) in [6.45, 7) is 0. The van der Waals surface area contributed by atoms with Crippen LogP contribution in [0.15, 0.2) is 12.1 Å². The van der Waals surface area contributed by atoms with E-state index in [9.17, 15) is 10.1 Å². The fraction of sp³-hybridized carbons (Fsp3) is 0. The fourth-order valence-electron chi connectivity index (χ4n) is 0.656. The minimum absolute atomic E-state index is 0.125. The summed E-state index contributed by atoms with van der Waals surface area (Å²) in [6, 6.07) is 2.46. The first-order valence-electron chi connectivity index (χ1n) is 2.96.